The number of halogens is 2. The van der Waals surface area contributed by atoms with Crippen molar-refractivity contribution in [3.63, 3.8) is 0 Å². The summed E-state index contributed by atoms with van der Waals surface area (Å²) in [6.45, 7) is 2.06. The lowest BCUT2D eigenvalue weighted by Gasteiger charge is -2.45. The summed E-state index contributed by atoms with van der Waals surface area (Å²) in [5.41, 5.74) is 3.02. The Morgan fingerprint density at radius 1 is 0.978 bits per heavy atom. The number of ether oxygens (including phenoxy) is 1. The standard InChI is InChI=1S/C34H30Cl2N6O4/c35-22-12-10-21(11-13-22)32-29(36)33(44)42(32)26-14-15-27(30-24(26)8-6-16-37-30)46-19-28(43)38-39-31-23-7-2-3-9-25(23)41(34(31)45)20-40-17-4-1-5-18-40/h2-3,6-16,29,32,45H,1,4-5,17-20H2. The molecule has 2 fully saturated rings. The second-order valence-corrected chi connectivity index (χ2v) is 12.3. The number of amides is 2. The van der Waals surface area contributed by atoms with E-state index in [2.05, 4.69) is 20.1 Å². The number of rotatable bonds is 8. The number of pyridine rings is 1. The number of hydrogen-bond donors (Lipinski definition) is 1. The molecule has 4 heterocycles. The van der Waals surface area contributed by atoms with E-state index in [4.69, 9.17) is 27.9 Å². The van der Waals surface area contributed by atoms with E-state index in [0.29, 0.717) is 39.4 Å². The van der Waals surface area contributed by atoms with Gasteiger partial charge in [0.05, 0.1) is 23.9 Å². The molecule has 3 aromatic carbocycles. The zero-order valence-corrected chi connectivity index (χ0v) is 26.2. The Kier molecular flexibility index (Phi) is 8.33. The Labute approximate surface area is 274 Å². The molecule has 2 unspecified atom stereocenters. The van der Waals surface area contributed by atoms with E-state index in [9.17, 15) is 14.7 Å². The van der Waals surface area contributed by atoms with Gasteiger partial charge >= 0.3 is 5.91 Å². The number of nitrogens with zero attached hydrogens (tertiary/aromatic N) is 6. The zero-order valence-electron chi connectivity index (χ0n) is 24.7. The molecule has 234 valence electrons. The van der Waals surface area contributed by atoms with E-state index in [1.807, 2.05) is 47.0 Å². The number of carbonyl (C=O) groups is 2. The fraction of sp³-hybridized carbons (Fsp3) is 0.265. The third kappa shape index (κ3) is 5.57. The second kappa shape index (κ2) is 12.7. The van der Waals surface area contributed by atoms with Gasteiger partial charge < -0.3 is 14.7 Å². The maximum atomic E-state index is 13.0. The lowest BCUT2D eigenvalue weighted by Crippen LogP contribution is -2.56. The van der Waals surface area contributed by atoms with Gasteiger partial charge in [0.25, 0.3) is 0 Å². The van der Waals surface area contributed by atoms with E-state index in [1.54, 1.807) is 41.4 Å². The number of hydrogen-bond acceptors (Lipinski definition) is 7. The lowest BCUT2D eigenvalue weighted by molar-refractivity contribution is -0.123. The number of piperidine rings is 1. The van der Waals surface area contributed by atoms with Crippen molar-refractivity contribution >= 4 is 68.2 Å². The van der Waals surface area contributed by atoms with Crippen LogP contribution in [0.1, 0.15) is 30.9 Å². The molecule has 0 bridgehead atoms. The number of benzene rings is 3. The molecule has 2 saturated heterocycles. The molecule has 0 spiro atoms. The van der Waals surface area contributed by atoms with E-state index in [-0.39, 0.29) is 23.5 Å². The van der Waals surface area contributed by atoms with E-state index in [0.717, 1.165) is 37.0 Å². The normalized spacial score (nSPS) is 18.8. The van der Waals surface area contributed by atoms with Gasteiger partial charge in [0, 0.05) is 22.0 Å². The summed E-state index contributed by atoms with van der Waals surface area (Å²) >= 11 is 12.5. The van der Waals surface area contributed by atoms with Gasteiger partial charge in [-0.3, -0.25) is 24.0 Å². The van der Waals surface area contributed by atoms with Crippen molar-refractivity contribution in [2.75, 3.05) is 24.6 Å². The molecule has 0 aliphatic carbocycles. The summed E-state index contributed by atoms with van der Waals surface area (Å²) in [6, 6.07) is 21.4. The van der Waals surface area contributed by atoms with Crippen molar-refractivity contribution in [1.29, 1.82) is 0 Å². The van der Waals surface area contributed by atoms with Crippen molar-refractivity contribution in [1.82, 2.24) is 14.5 Å². The summed E-state index contributed by atoms with van der Waals surface area (Å²) in [7, 11) is 0. The Morgan fingerprint density at radius 2 is 1.74 bits per heavy atom. The fourth-order valence-electron chi connectivity index (χ4n) is 6.25. The molecule has 2 aliphatic heterocycles. The molecule has 2 amide bonds. The van der Waals surface area contributed by atoms with Crippen LogP contribution in [-0.2, 0) is 16.3 Å². The number of likely N-dealkylation sites (tertiary alicyclic amines) is 1. The van der Waals surface area contributed by atoms with Crippen LogP contribution in [0.25, 0.3) is 21.8 Å². The van der Waals surface area contributed by atoms with Gasteiger partial charge in [-0.05, 0) is 74.0 Å². The molecule has 0 radical (unpaired) electrons. The second-order valence-electron chi connectivity index (χ2n) is 11.4. The zero-order chi connectivity index (χ0) is 31.8. The highest BCUT2D eigenvalue weighted by Crippen LogP contribution is 2.46. The average Bonchev–Trinajstić information content (AvgIpc) is 3.35. The minimum Gasteiger partial charge on any atom is -0.493 e. The Morgan fingerprint density at radius 3 is 2.54 bits per heavy atom. The van der Waals surface area contributed by atoms with Gasteiger partial charge in [-0.1, -0.05) is 48.4 Å². The first-order valence-corrected chi connectivity index (χ1v) is 15.9. The number of β-lactam (4-membered cyclic amide) rings is 1. The molecule has 1 N–H and O–H groups in total. The van der Waals surface area contributed by atoms with Gasteiger partial charge in [0.2, 0.25) is 11.8 Å². The molecular formula is C34H30Cl2N6O4. The monoisotopic (exact) mass is 656 g/mol. The largest absolute Gasteiger partial charge is 0.493 e. The Bertz CT molecular complexity index is 1970. The van der Waals surface area contributed by atoms with Crippen molar-refractivity contribution in [2.24, 2.45) is 10.2 Å². The van der Waals surface area contributed by atoms with Crippen molar-refractivity contribution in [2.45, 2.75) is 37.4 Å². The number of carbonyl (C=O) groups excluding carboxylic acids is 2. The van der Waals surface area contributed by atoms with Gasteiger partial charge in [0.1, 0.15) is 16.6 Å². The summed E-state index contributed by atoms with van der Waals surface area (Å²) < 4.78 is 7.68. The number of para-hydroxylation sites is 1. The molecule has 2 aliphatic rings. The minimum atomic E-state index is -0.718. The SMILES string of the molecule is O=C(COc1ccc(N2C(=O)C(Cl)C2c2ccc(Cl)cc2)c2cccnc12)N=Nc1c(O)n(CN2CCCCC2)c2ccccc12. The number of aromatic nitrogens is 2. The molecule has 12 heteroatoms. The molecule has 5 aromatic rings. The van der Waals surface area contributed by atoms with Crippen LogP contribution < -0.4 is 9.64 Å². The quantitative estimate of drug-likeness (QED) is 0.106. The average molecular weight is 658 g/mol. The molecule has 10 nitrogen and oxygen atoms in total. The van der Waals surface area contributed by atoms with Crippen LogP contribution in [0.3, 0.4) is 0 Å². The third-order valence-corrected chi connectivity index (χ3v) is 9.21. The first-order valence-electron chi connectivity index (χ1n) is 15.1. The Balaban J connectivity index is 1.10. The van der Waals surface area contributed by atoms with E-state index >= 15 is 0 Å². The molecule has 2 aromatic heterocycles. The van der Waals surface area contributed by atoms with Crippen LogP contribution in [0.5, 0.6) is 11.6 Å². The molecule has 46 heavy (non-hydrogen) atoms. The lowest BCUT2D eigenvalue weighted by atomic mass is 9.91. The van der Waals surface area contributed by atoms with E-state index in [1.165, 1.54) is 6.42 Å². The summed E-state index contributed by atoms with van der Waals surface area (Å²) in [5, 5.41) is 20.4. The number of anilines is 1. The van der Waals surface area contributed by atoms with Gasteiger partial charge in [0.15, 0.2) is 12.3 Å². The highest BCUT2D eigenvalue weighted by molar-refractivity contribution is 6.38. The maximum Gasteiger partial charge on any atom is 0.302 e. The number of alkyl halides is 1. The van der Waals surface area contributed by atoms with Crippen molar-refractivity contribution < 1.29 is 19.4 Å². The number of azo groups is 1. The van der Waals surface area contributed by atoms with Crippen LogP contribution in [-0.4, -0.2) is 56.4 Å². The minimum absolute atomic E-state index is 0.0355. The molecular weight excluding hydrogens is 627 g/mol. The predicted molar refractivity (Wildman–Crippen MR) is 177 cm³/mol. The van der Waals surface area contributed by atoms with E-state index < -0.39 is 17.9 Å². The summed E-state index contributed by atoms with van der Waals surface area (Å²) in [4.78, 5) is 34.3. The molecule has 7 rings (SSSR count). The number of fused-ring (bicyclic) bond motifs is 2. The van der Waals surface area contributed by atoms with Gasteiger partial charge in [-0.2, -0.15) is 0 Å². The maximum absolute atomic E-state index is 13.0. The van der Waals surface area contributed by atoms with Crippen LogP contribution >= 0.6 is 23.2 Å². The van der Waals surface area contributed by atoms with Crippen LogP contribution in [0.4, 0.5) is 11.4 Å². The van der Waals surface area contributed by atoms with Crippen LogP contribution in [0.15, 0.2) is 89.2 Å². The summed E-state index contributed by atoms with van der Waals surface area (Å²) in [6.07, 6.45) is 5.08. The third-order valence-electron chi connectivity index (χ3n) is 8.53. The van der Waals surface area contributed by atoms with Crippen molar-refractivity contribution in [3.8, 4) is 11.6 Å². The van der Waals surface area contributed by atoms with Crippen molar-refractivity contribution in [3.05, 3.63) is 89.6 Å². The smallest absolute Gasteiger partial charge is 0.302 e. The molecule has 0 saturated carbocycles. The van der Waals surface area contributed by atoms with Gasteiger partial charge in [-0.25, -0.2) is 0 Å². The van der Waals surface area contributed by atoms with Gasteiger partial charge in [-0.15, -0.1) is 21.8 Å². The topological polar surface area (TPSA) is 113 Å². The number of aromatic hydroxyl groups is 1. The first kappa shape index (κ1) is 30.2. The van der Waals surface area contributed by atoms with Crippen LogP contribution in [0.2, 0.25) is 5.02 Å². The highest BCUT2D eigenvalue weighted by Gasteiger charge is 2.48. The molecule has 2 atom stereocenters. The Hall–Kier alpha value is -4.51. The highest BCUT2D eigenvalue weighted by atomic mass is 35.5. The summed E-state index contributed by atoms with van der Waals surface area (Å²) in [5.74, 6) is -0.545. The fourth-order valence-corrected chi connectivity index (χ4v) is 6.74. The van der Waals surface area contributed by atoms with Crippen LogP contribution in [0, 0.1) is 0 Å². The first-order chi connectivity index (χ1) is 22.4. The predicted octanol–water partition coefficient (Wildman–Crippen LogP) is 7.38.